The third kappa shape index (κ3) is 7.45. The number of carbonyl (C=O) groups excluding carboxylic acids is 2. The van der Waals surface area contributed by atoms with Crippen LogP contribution >= 0.6 is 11.6 Å². The summed E-state index contributed by atoms with van der Waals surface area (Å²) in [6.07, 6.45) is -8.56. The van der Waals surface area contributed by atoms with Gasteiger partial charge in [-0.15, -0.1) is 0 Å². The lowest BCUT2D eigenvalue weighted by atomic mass is 9.95. The van der Waals surface area contributed by atoms with Crippen LogP contribution in [0.1, 0.15) is 58.8 Å². The molecule has 0 spiro atoms. The highest BCUT2D eigenvalue weighted by Crippen LogP contribution is 2.45. The molecule has 0 fully saturated rings. The Balaban J connectivity index is 1.85. The van der Waals surface area contributed by atoms with Crippen LogP contribution < -0.4 is 10.1 Å². The topological polar surface area (TPSA) is 77.5 Å². The molecule has 4 rings (SSSR count). The Kier molecular flexibility index (Phi) is 9.33. The van der Waals surface area contributed by atoms with Crippen molar-refractivity contribution in [3.63, 3.8) is 0 Å². The Hall–Kier alpha value is -4.13. The van der Waals surface area contributed by atoms with Gasteiger partial charge in [-0.25, -0.2) is 14.2 Å². The summed E-state index contributed by atoms with van der Waals surface area (Å²) in [5, 5.41) is 1.73. The highest BCUT2D eigenvalue weighted by molar-refractivity contribution is 6.31. The molecular formula is C29H22ClF7N2O4. The van der Waals surface area contributed by atoms with Gasteiger partial charge in [-0.2, -0.15) is 26.3 Å². The molecule has 0 aliphatic heterocycles. The highest BCUT2D eigenvalue weighted by Gasteiger charge is 2.39. The second kappa shape index (κ2) is 12.6. The number of allylic oxidation sites excluding steroid dienone is 2. The monoisotopic (exact) mass is 630 g/mol. The normalized spacial score (nSPS) is 13.7. The van der Waals surface area contributed by atoms with E-state index in [1.807, 2.05) is 0 Å². The second-order valence-electron chi connectivity index (χ2n) is 9.35. The van der Waals surface area contributed by atoms with Crippen molar-refractivity contribution in [1.82, 2.24) is 4.98 Å². The summed E-state index contributed by atoms with van der Waals surface area (Å²) in [4.78, 5) is 28.0. The van der Waals surface area contributed by atoms with Gasteiger partial charge in [0.1, 0.15) is 12.4 Å². The van der Waals surface area contributed by atoms with E-state index in [2.05, 4.69) is 4.98 Å². The smallest absolute Gasteiger partial charge is 0.471 e. The molecule has 0 unspecified atom stereocenters. The molecule has 1 aliphatic carbocycles. The van der Waals surface area contributed by atoms with Gasteiger partial charge in [-0.05, 0) is 79.3 Å². The fourth-order valence-corrected chi connectivity index (χ4v) is 4.73. The predicted octanol–water partition coefficient (Wildman–Crippen LogP) is 8.24. The zero-order valence-electron chi connectivity index (χ0n) is 22.3. The molecule has 1 heterocycles. The van der Waals surface area contributed by atoms with Crippen molar-refractivity contribution >= 4 is 40.3 Å². The summed E-state index contributed by atoms with van der Waals surface area (Å²) in [7, 11) is 0. The Morgan fingerprint density at radius 3 is 2.40 bits per heavy atom. The number of nitrogens with zero attached hydrogens (tertiary/aromatic N) is 1. The highest BCUT2D eigenvalue weighted by atomic mass is 35.5. The fraction of sp³-hybridized carbons (Fsp3) is 0.276. The van der Waals surface area contributed by atoms with Gasteiger partial charge >= 0.3 is 24.2 Å². The van der Waals surface area contributed by atoms with E-state index in [0.29, 0.717) is 23.8 Å². The van der Waals surface area contributed by atoms with Crippen LogP contribution in [0.2, 0.25) is 5.02 Å². The molecule has 3 aromatic rings. The van der Waals surface area contributed by atoms with Gasteiger partial charge < -0.3 is 14.8 Å². The lowest BCUT2D eigenvalue weighted by Gasteiger charge is -2.17. The molecule has 2 aromatic carbocycles. The quantitative estimate of drug-likeness (QED) is 0.200. The van der Waals surface area contributed by atoms with Gasteiger partial charge in [0.2, 0.25) is 5.88 Å². The van der Waals surface area contributed by atoms with Crippen molar-refractivity contribution in [3.8, 4) is 5.88 Å². The van der Waals surface area contributed by atoms with Crippen molar-refractivity contribution in [2.24, 2.45) is 0 Å². The summed E-state index contributed by atoms with van der Waals surface area (Å²) >= 11 is 6.06. The number of rotatable bonds is 8. The van der Waals surface area contributed by atoms with Crippen LogP contribution in [-0.4, -0.2) is 29.6 Å². The van der Waals surface area contributed by atoms with Crippen molar-refractivity contribution < 1.29 is 49.8 Å². The molecule has 0 radical (unpaired) electrons. The summed E-state index contributed by atoms with van der Waals surface area (Å²) in [5.74, 6) is -4.15. The zero-order chi connectivity index (χ0) is 31.5. The number of halogens is 8. The van der Waals surface area contributed by atoms with Crippen LogP contribution in [0.15, 0.2) is 48.7 Å². The van der Waals surface area contributed by atoms with Crippen molar-refractivity contribution in [1.29, 1.82) is 0 Å². The number of hydrogen-bond donors (Lipinski definition) is 1. The van der Waals surface area contributed by atoms with Crippen LogP contribution in [0.4, 0.5) is 36.4 Å². The number of amides is 1. The number of nitrogens with one attached hydrogen (secondary N) is 1. The lowest BCUT2D eigenvalue weighted by Crippen LogP contribution is -2.30. The molecule has 1 aliphatic rings. The Morgan fingerprint density at radius 2 is 1.74 bits per heavy atom. The minimum absolute atomic E-state index is 0.0263. The van der Waals surface area contributed by atoms with E-state index in [0.717, 1.165) is 18.2 Å². The molecule has 0 atom stereocenters. The number of hydrogen-bond acceptors (Lipinski definition) is 5. The maximum absolute atomic E-state index is 14.3. The lowest BCUT2D eigenvalue weighted by molar-refractivity contribution is -0.167. The first kappa shape index (κ1) is 31.8. The SMILES string of the molecule is CCOC(=O)c1cc(NC(=O)C(F)(F)F)cc(C2=C(c3cc(C(F)(F)F)cnc3OCc3c(F)cccc3Cl)CCC2)c1. The molecular weight excluding hydrogens is 609 g/mol. The number of esters is 1. The molecule has 43 heavy (non-hydrogen) atoms. The second-order valence-corrected chi connectivity index (χ2v) is 9.75. The fourth-order valence-electron chi connectivity index (χ4n) is 4.52. The number of aromatic nitrogens is 1. The van der Waals surface area contributed by atoms with Gasteiger partial charge in [0, 0.05) is 23.0 Å². The summed E-state index contributed by atoms with van der Waals surface area (Å²) < 4.78 is 105. The minimum atomic E-state index is -5.23. The molecule has 0 bridgehead atoms. The molecule has 1 N–H and O–H groups in total. The molecule has 14 heteroatoms. The van der Waals surface area contributed by atoms with E-state index in [-0.39, 0.29) is 58.3 Å². The molecule has 6 nitrogen and oxygen atoms in total. The van der Waals surface area contributed by atoms with Crippen molar-refractivity contribution in [2.75, 3.05) is 11.9 Å². The van der Waals surface area contributed by atoms with Crippen LogP contribution in [-0.2, 0) is 22.3 Å². The number of ether oxygens (including phenoxy) is 2. The first-order chi connectivity index (χ1) is 20.2. The number of anilines is 1. The van der Waals surface area contributed by atoms with Gasteiger partial charge in [-0.1, -0.05) is 17.7 Å². The third-order valence-corrected chi connectivity index (χ3v) is 6.80. The number of benzene rings is 2. The maximum Gasteiger partial charge on any atom is 0.471 e. The van der Waals surface area contributed by atoms with Crippen molar-refractivity contribution in [2.45, 2.75) is 45.1 Å². The van der Waals surface area contributed by atoms with Gasteiger partial charge in [0.05, 0.1) is 22.8 Å². The predicted molar refractivity (Wildman–Crippen MR) is 143 cm³/mol. The largest absolute Gasteiger partial charge is 0.472 e. The van der Waals surface area contributed by atoms with Crippen LogP contribution in [0.3, 0.4) is 0 Å². The maximum atomic E-state index is 14.3. The minimum Gasteiger partial charge on any atom is -0.472 e. The number of carbonyl (C=O) groups is 2. The van der Waals surface area contributed by atoms with E-state index in [4.69, 9.17) is 21.1 Å². The molecule has 0 saturated carbocycles. The van der Waals surface area contributed by atoms with Crippen LogP contribution in [0.5, 0.6) is 5.88 Å². The summed E-state index contributed by atoms with van der Waals surface area (Å²) in [6.45, 7) is 0.998. The van der Waals surface area contributed by atoms with E-state index >= 15 is 0 Å². The zero-order valence-corrected chi connectivity index (χ0v) is 23.0. The number of pyridine rings is 1. The summed E-state index contributed by atoms with van der Waals surface area (Å²) in [5.41, 5.74) is -0.961. The Bertz CT molecular complexity index is 1570. The third-order valence-electron chi connectivity index (χ3n) is 6.44. The van der Waals surface area contributed by atoms with Gasteiger partial charge in [0.25, 0.3) is 0 Å². The van der Waals surface area contributed by atoms with E-state index in [1.54, 1.807) is 5.32 Å². The first-order valence-corrected chi connectivity index (χ1v) is 13.1. The Morgan fingerprint density at radius 1 is 1.02 bits per heavy atom. The molecule has 228 valence electrons. The van der Waals surface area contributed by atoms with E-state index < -0.39 is 42.2 Å². The molecule has 1 aromatic heterocycles. The van der Waals surface area contributed by atoms with E-state index in [1.165, 1.54) is 31.2 Å². The standard InChI is InChI=1S/C29H22ClF7N2O4/c1-2-42-26(40)16-9-15(10-18(11-16)39-27(41)29(35,36)37)19-5-3-6-20(19)21-12-17(28(32,33)34)13-38-25(21)43-14-22-23(30)7-4-8-24(22)31/h4,7-13H,2-3,5-6,14H2,1H3,(H,39,41). The average molecular weight is 631 g/mol. The Labute approximate surface area is 245 Å². The van der Waals surface area contributed by atoms with Crippen LogP contribution in [0, 0.1) is 5.82 Å². The first-order valence-electron chi connectivity index (χ1n) is 12.7. The van der Waals surface area contributed by atoms with Gasteiger partial charge in [-0.3, -0.25) is 4.79 Å². The van der Waals surface area contributed by atoms with Gasteiger partial charge in [0.15, 0.2) is 0 Å². The molecule has 0 saturated heterocycles. The average Bonchev–Trinajstić information content (AvgIpc) is 3.42. The number of alkyl halides is 6. The van der Waals surface area contributed by atoms with E-state index in [9.17, 15) is 40.3 Å². The molecule has 1 amide bonds. The van der Waals surface area contributed by atoms with Crippen molar-refractivity contribution in [3.05, 3.63) is 87.3 Å². The summed E-state index contributed by atoms with van der Waals surface area (Å²) in [6, 6.07) is 8.21. The van der Waals surface area contributed by atoms with Crippen LogP contribution in [0.25, 0.3) is 11.1 Å².